The fourth-order valence-corrected chi connectivity index (χ4v) is 4.10. The van der Waals surface area contributed by atoms with Crippen LogP contribution in [0.5, 0.6) is 0 Å². The van der Waals surface area contributed by atoms with Crippen LogP contribution in [0.2, 0.25) is 0 Å². The summed E-state index contributed by atoms with van der Waals surface area (Å²) in [6.45, 7) is 0.596. The molecular formula is C16H15F4N3O2S. The average molecular weight is 389 g/mol. The second kappa shape index (κ2) is 6.84. The Balaban J connectivity index is 1.72. The van der Waals surface area contributed by atoms with Gasteiger partial charge >= 0.3 is 6.18 Å². The van der Waals surface area contributed by atoms with E-state index >= 15 is 0 Å². The van der Waals surface area contributed by atoms with Gasteiger partial charge in [-0.05, 0) is 36.4 Å². The number of hydrogen-bond acceptors (Lipinski definition) is 4. The van der Waals surface area contributed by atoms with Crippen LogP contribution in [0, 0.1) is 5.82 Å². The zero-order valence-corrected chi connectivity index (χ0v) is 14.3. The van der Waals surface area contributed by atoms with Gasteiger partial charge in [0.1, 0.15) is 11.6 Å². The molecule has 2 heterocycles. The summed E-state index contributed by atoms with van der Waals surface area (Å²) in [4.78, 5) is 5.53. The Morgan fingerprint density at radius 1 is 0.962 bits per heavy atom. The van der Waals surface area contributed by atoms with E-state index in [-0.39, 0.29) is 36.9 Å². The van der Waals surface area contributed by atoms with Crippen LogP contribution in [0.4, 0.5) is 23.4 Å². The zero-order valence-electron chi connectivity index (χ0n) is 13.4. The number of hydrogen-bond donors (Lipinski definition) is 0. The molecule has 26 heavy (non-hydrogen) atoms. The number of sulfonamides is 1. The van der Waals surface area contributed by atoms with Crippen molar-refractivity contribution in [3.05, 3.63) is 54.0 Å². The predicted molar refractivity (Wildman–Crippen MR) is 86.6 cm³/mol. The van der Waals surface area contributed by atoms with Crippen molar-refractivity contribution in [1.29, 1.82) is 0 Å². The molecule has 0 amide bonds. The van der Waals surface area contributed by atoms with Gasteiger partial charge < -0.3 is 4.90 Å². The lowest BCUT2D eigenvalue weighted by atomic mass is 10.2. The Morgan fingerprint density at radius 2 is 1.58 bits per heavy atom. The minimum Gasteiger partial charge on any atom is -0.354 e. The van der Waals surface area contributed by atoms with Crippen LogP contribution in [0.25, 0.3) is 0 Å². The molecule has 5 nitrogen and oxygen atoms in total. The lowest BCUT2D eigenvalue weighted by molar-refractivity contribution is -0.137. The first-order valence-electron chi connectivity index (χ1n) is 7.72. The predicted octanol–water partition coefficient (Wildman–Crippen LogP) is 2.75. The van der Waals surface area contributed by atoms with Gasteiger partial charge in [0.2, 0.25) is 10.0 Å². The first-order valence-corrected chi connectivity index (χ1v) is 9.16. The third kappa shape index (κ3) is 3.80. The van der Waals surface area contributed by atoms with Crippen molar-refractivity contribution in [1.82, 2.24) is 9.29 Å². The number of halogens is 4. The molecule has 0 atom stereocenters. The molecule has 1 aliphatic rings. The number of piperazine rings is 1. The van der Waals surface area contributed by atoms with E-state index in [0.717, 1.165) is 30.5 Å². The van der Waals surface area contributed by atoms with Crippen molar-refractivity contribution >= 4 is 15.8 Å². The third-order valence-corrected chi connectivity index (χ3v) is 6.00. The number of benzene rings is 1. The van der Waals surface area contributed by atoms with Crippen LogP contribution in [0.15, 0.2) is 47.5 Å². The second-order valence-corrected chi connectivity index (χ2v) is 7.68. The molecule has 0 radical (unpaired) electrons. The van der Waals surface area contributed by atoms with E-state index in [1.807, 2.05) is 0 Å². The van der Waals surface area contributed by atoms with Gasteiger partial charge in [-0.15, -0.1) is 0 Å². The Morgan fingerprint density at radius 3 is 2.15 bits per heavy atom. The Hall–Kier alpha value is -2.20. The fraction of sp³-hybridized carbons (Fsp3) is 0.312. The van der Waals surface area contributed by atoms with E-state index in [4.69, 9.17) is 0 Å². The zero-order chi connectivity index (χ0) is 18.9. The van der Waals surface area contributed by atoms with E-state index in [9.17, 15) is 26.0 Å². The van der Waals surface area contributed by atoms with Crippen LogP contribution in [-0.4, -0.2) is 43.9 Å². The van der Waals surface area contributed by atoms with Crippen molar-refractivity contribution in [2.24, 2.45) is 0 Å². The van der Waals surface area contributed by atoms with Gasteiger partial charge in [0.15, 0.2) is 0 Å². The number of alkyl halides is 3. The Labute approximate surface area is 147 Å². The standard InChI is InChI=1S/C16H15F4N3O2S/c17-13-1-3-14(4-2-13)26(24,25)23-9-7-22(8-10-23)15-11-12(5-6-21-15)16(18,19)20/h1-6,11H,7-10H2. The van der Waals surface area contributed by atoms with Gasteiger partial charge in [-0.3, -0.25) is 0 Å². The second-order valence-electron chi connectivity index (χ2n) is 5.75. The number of anilines is 1. The molecule has 1 aliphatic heterocycles. The molecule has 140 valence electrons. The highest BCUT2D eigenvalue weighted by Crippen LogP contribution is 2.31. The molecule has 1 saturated heterocycles. The monoisotopic (exact) mass is 389 g/mol. The molecule has 0 unspecified atom stereocenters. The lowest BCUT2D eigenvalue weighted by Crippen LogP contribution is -2.49. The molecule has 1 aromatic heterocycles. The molecule has 0 bridgehead atoms. The van der Waals surface area contributed by atoms with Crippen molar-refractivity contribution < 1.29 is 26.0 Å². The Bertz CT molecular complexity index is 877. The summed E-state index contributed by atoms with van der Waals surface area (Å²) >= 11 is 0. The topological polar surface area (TPSA) is 53.5 Å². The van der Waals surface area contributed by atoms with Gasteiger partial charge in [-0.25, -0.2) is 17.8 Å². The van der Waals surface area contributed by atoms with E-state index in [1.165, 1.54) is 16.4 Å². The molecule has 0 saturated carbocycles. The van der Waals surface area contributed by atoms with E-state index in [2.05, 4.69) is 4.98 Å². The molecule has 0 aliphatic carbocycles. The quantitative estimate of drug-likeness (QED) is 0.758. The maximum atomic E-state index is 13.0. The smallest absolute Gasteiger partial charge is 0.354 e. The fourth-order valence-electron chi connectivity index (χ4n) is 2.68. The first kappa shape index (κ1) is 18.6. The summed E-state index contributed by atoms with van der Waals surface area (Å²) in [6.07, 6.45) is -3.38. The van der Waals surface area contributed by atoms with Gasteiger partial charge in [-0.1, -0.05) is 0 Å². The van der Waals surface area contributed by atoms with Crippen molar-refractivity contribution in [3.63, 3.8) is 0 Å². The highest BCUT2D eigenvalue weighted by Gasteiger charge is 2.32. The maximum Gasteiger partial charge on any atom is 0.416 e. The molecule has 0 N–H and O–H groups in total. The van der Waals surface area contributed by atoms with Crippen LogP contribution < -0.4 is 4.90 Å². The first-order chi connectivity index (χ1) is 12.2. The van der Waals surface area contributed by atoms with Crippen molar-refractivity contribution in [3.8, 4) is 0 Å². The molecular weight excluding hydrogens is 374 g/mol. The normalized spacial score (nSPS) is 16.7. The van der Waals surface area contributed by atoms with Crippen LogP contribution in [0.3, 0.4) is 0 Å². The van der Waals surface area contributed by atoms with E-state index < -0.39 is 27.6 Å². The van der Waals surface area contributed by atoms with Crippen LogP contribution in [0.1, 0.15) is 5.56 Å². The molecule has 2 aromatic rings. The summed E-state index contributed by atoms with van der Waals surface area (Å²) in [5, 5.41) is 0. The molecule has 1 fully saturated rings. The number of pyridine rings is 1. The van der Waals surface area contributed by atoms with Gasteiger partial charge in [0, 0.05) is 32.4 Å². The Kier molecular flexibility index (Phi) is 4.89. The van der Waals surface area contributed by atoms with Gasteiger partial charge in [-0.2, -0.15) is 17.5 Å². The highest BCUT2D eigenvalue weighted by atomic mass is 32.2. The van der Waals surface area contributed by atoms with Crippen LogP contribution >= 0.6 is 0 Å². The van der Waals surface area contributed by atoms with Crippen molar-refractivity contribution in [2.75, 3.05) is 31.1 Å². The summed E-state index contributed by atoms with van der Waals surface area (Å²) < 4.78 is 77.7. The molecule has 10 heteroatoms. The van der Waals surface area contributed by atoms with Crippen molar-refractivity contribution in [2.45, 2.75) is 11.1 Å². The summed E-state index contributed by atoms with van der Waals surface area (Å²) in [5.41, 5.74) is -0.802. The largest absolute Gasteiger partial charge is 0.416 e. The molecule has 1 aromatic carbocycles. The average Bonchev–Trinajstić information content (AvgIpc) is 2.62. The molecule has 3 rings (SSSR count). The minimum absolute atomic E-state index is 0.0236. The summed E-state index contributed by atoms with van der Waals surface area (Å²) in [7, 11) is -3.78. The van der Waals surface area contributed by atoms with Gasteiger partial charge in [0.25, 0.3) is 0 Å². The SMILES string of the molecule is O=S(=O)(c1ccc(F)cc1)N1CCN(c2cc(C(F)(F)F)ccn2)CC1. The number of aromatic nitrogens is 1. The number of nitrogens with zero attached hydrogens (tertiary/aromatic N) is 3. The molecule has 0 spiro atoms. The van der Waals surface area contributed by atoms with Crippen LogP contribution in [-0.2, 0) is 16.2 Å². The third-order valence-electron chi connectivity index (χ3n) is 4.09. The van der Waals surface area contributed by atoms with E-state index in [1.54, 1.807) is 4.90 Å². The van der Waals surface area contributed by atoms with Gasteiger partial charge in [0.05, 0.1) is 10.5 Å². The highest BCUT2D eigenvalue weighted by molar-refractivity contribution is 7.89. The lowest BCUT2D eigenvalue weighted by Gasteiger charge is -2.34. The number of rotatable bonds is 3. The van der Waals surface area contributed by atoms with E-state index in [0.29, 0.717) is 0 Å². The summed E-state index contributed by atoms with van der Waals surface area (Å²) in [5.74, 6) is -0.386. The summed E-state index contributed by atoms with van der Waals surface area (Å²) in [6, 6.07) is 6.34. The maximum absolute atomic E-state index is 13.0. The minimum atomic E-state index is -4.47.